The number of rotatable bonds is 5. The van der Waals surface area contributed by atoms with Gasteiger partial charge in [-0.25, -0.2) is 8.42 Å². The summed E-state index contributed by atoms with van der Waals surface area (Å²) in [6, 6.07) is 14.0. The van der Waals surface area contributed by atoms with Crippen LogP contribution in [0.15, 0.2) is 53.4 Å². The average molecular weight is 306 g/mol. The molecule has 0 aliphatic rings. The van der Waals surface area contributed by atoms with Crippen LogP contribution in [0.3, 0.4) is 0 Å². The van der Waals surface area contributed by atoms with Gasteiger partial charge in [-0.15, -0.1) is 0 Å². The predicted molar refractivity (Wildman–Crippen MR) is 81.9 cm³/mol. The van der Waals surface area contributed by atoms with Gasteiger partial charge in [-0.05, 0) is 36.8 Å². The molecule has 2 aromatic carbocycles. The summed E-state index contributed by atoms with van der Waals surface area (Å²) in [5.41, 5.74) is 5.56. The summed E-state index contributed by atoms with van der Waals surface area (Å²) in [6.07, 6.45) is 0. The molecule has 0 unspecified atom stereocenters. The zero-order chi connectivity index (χ0) is 15.5. The van der Waals surface area contributed by atoms with E-state index in [1.807, 2.05) is 6.92 Å². The highest BCUT2D eigenvalue weighted by atomic mass is 32.2. The van der Waals surface area contributed by atoms with E-state index in [1.54, 1.807) is 55.6 Å². The maximum atomic E-state index is 12.8. The number of methoxy groups -OCH3 is 1. The summed E-state index contributed by atoms with van der Waals surface area (Å²) >= 11 is 0. The van der Waals surface area contributed by atoms with Gasteiger partial charge in [-0.3, -0.25) is 0 Å². The van der Waals surface area contributed by atoms with Crippen LogP contribution in [0.25, 0.3) is 0 Å². The Bertz CT molecular complexity index is 691. The monoisotopic (exact) mass is 306 g/mol. The second-order valence-corrected chi connectivity index (χ2v) is 7.04. The van der Waals surface area contributed by atoms with Crippen LogP contribution in [0.2, 0.25) is 0 Å². The molecular weight excluding hydrogens is 286 g/mol. The largest absolute Gasteiger partial charge is 0.497 e. The third-order valence-electron chi connectivity index (χ3n) is 3.47. The molecule has 1 atom stereocenters. The molecule has 2 rings (SSSR count). The fourth-order valence-electron chi connectivity index (χ4n) is 2.21. The van der Waals surface area contributed by atoms with Crippen molar-refractivity contribution in [3.63, 3.8) is 0 Å². The topological polar surface area (TPSA) is 71.0 Å². The van der Waals surface area contributed by atoms with Crippen LogP contribution in [0.4, 0.5) is 0 Å². The summed E-state index contributed by atoms with van der Waals surface area (Å²) in [4.78, 5) is 0.331. The molecule has 0 radical (unpaired) electrons. The maximum Gasteiger partial charge on any atom is 0.190 e. The molecule has 0 saturated heterocycles. The van der Waals surface area contributed by atoms with Crippen molar-refractivity contribution >= 4 is 9.84 Å². The first kappa shape index (κ1) is 15.5. The van der Waals surface area contributed by atoms with Crippen molar-refractivity contribution in [3.05, 3.63) is 59.7 Å². The zero-order valence-electron chi connectivity index (χ0n) is 12.2. The van der Waals surface area contributed by atoms with E-state index in [0.29, 0.717) is 10.6 Å². The molecule has 0 amide bonds. The van der Waals surface area contributed by atoms with Gasteiger partial charge < -0.3 is 10.5 Å². The Labute approximate surface area is 125 Å². The first-order chi connectivity index (χ1) is 9.98. The number of aryl methyl sites for hydroxylation is 1. The summed E-state index contributed by atoms with van der Waals surface area (Å²) < 4.78 is 30.6. The molecule has 0 fully saturated rings. The number of hydrogen-bond donors (Lipinski definition) is 1. The Kier molecular flexibility index (Phi) is 4.65. The van der Waals surface area contributed by atoms with Crippen LogP contribution in [-0.2, 0) is 9.84 Å². The van der Waals surface area contributed by atoms with E-state index in [9.17, 15) is 8.42 Å². The van der Waals surface area contributed by atoms with Crippen molar-refractivity contribution < 1.29 is 18.9 Å². The lowest BCUT2D eigenvalue weighted by Gasteiger charge is -2.15. The van der Waals surface area contributed by atoms with E-state index >= 15 is 0 Å². The van der Waals surface area contributed by atoms with Crippen LogP contribution >= 0.6 is 0 Å². The highest BCUT2D eigenvalue weighted by Gasteiger charge is 2.29. The second kappa shape index (κ2) is 6.28. The van der Waals surface area contributed by atoms with Gasteiger partial charge in [0.25, 0.3) is 0 Å². The number of hydrogen-bond acceptors (Lipinski definition) is 3. The highest BCUT2D eigenvalue weighted by molar-refractivity contribution is 7.91. The summed E-state index contributed by atoms with van der Waals surface area (Å²) in [5.74, 6) is 0.703. The average Bonchev–Trinajstić information content (AvgIpc) is 2.49. The molecule has 21 heavy (non-hydrogen) atoms. The van der Waals surface area contributed by atoms with Crippen LogP contribution in [0.5, 0.6) is 5.75 Å². The predicted octanol–water partition coefficient (Wildman–Crippen LogP) is 1.76. The van der Waals surface area contributed by atoms with Crippen molar-refractivity contribution in [3.8, 4) is 5.75 Å². The minimum Gasteiger partial charge on any atom is -0.497 e. The second-order valence-electron chi connectivity index (χ2n) is 4.91. The van der Waals surface area contributed by atoms with Crippen molar-refractivity contribution in [2.24, 2.45) is 0 Å². The van der Waals surface area contributed by atoms with Crippen LogP contribution in [0, 0.1) is 6.92 Å². The van der Waals surface area contributed by atoms with Gasteiger partial charge in [-0.1, -0.05) is 29.8 Å². The van der Waals surface area contributed by atoms with E-state index in [-0.39, 0.29) is 6.54 Å². The molecular formula is C16H20NO3S+. The molecule has 0 spiro atoms. The minimum atomic E-state index is -3.44. The molecule has 5 heteroatoms. The number of quaternary nitrogens is 1. The molecule has 3 N–H and O–H groups in total. The lowest BCUT2D eigenvalue weighted by atomic mass is 10.1. The molecule has 112 valence electrons. The highest BCUT2D eigenvalue weighted by Crippen LogP contribution is 2.29. The number of ether oxygens (including phenoxy) is 1. The Balaban J connectivity index is 2.41. The van der Waals surface area contributed by atoms with Crippen LogP contribution in [0.1, 0.15) is 16.4 Å². The Morgan fingerprint density at radius 3 is 2.10 bits per heavy atom. The summed E-state index contributed by atoms with van der Waals surface area (Å²) in [7, 11) is -1.86. The zero-order valence-corrected chi connectivity index (χ0v) is 13.1. The Morgan fingerprint density at radius 2 is 1.62 bits per heavy atom. The van der Waals surface area contributed by atoms with Gasteiger partial charge in [0.15, 0.2) is 9.84 Å². The normalized spacial score (nSPS) is 12.9. The number of benzene rings is 2. The van der Waals surface area contributed by atoms with E-state index in [4.69, 9.17) is 4.74 Å². The molecule has 0 aromatic heterocycles. The van der Waals surface area contributed by atoms with Crippen LogP contribution in [-0.4, -0.2) is 22.1 Å². The maximum absolute atomic E-state index is 12.8. The summed E-state index contributed by atoms with van der Waals surface area (Å²) in [6.45, 7) is 2.21. The third-order valence-corrected chi connectivity index (χ3v) is 5.66. The molecule has 0 saturated carbocycles. The molecule has 4 nitrogen and oxygen atoms in total. The van der Waals surface area contributed by atoms with E-state index in [1.165, 1.54) is 0 Å². The number of sulfone groups is 1. The van der Waals surface area contributed by atoms with E-state index < -0.39 is 15.1 Å². The lowest BCUT2D eigenvalue weighted by Crippen LogP contribution is -2.54. The van der Waals surface area contributed by atoms with E-state index in [2.05, 4.69) is 5.73 Å². The SMILES string of the molecule is COc1ccc([C@@H](C[NH3+])S(=O)(=O)c2ccc(C)cc2)cc1. The van der Waals surface area contributed by atoms with Crippen molar-refractivity contribution in [2.75, 3.05) is 13.7 Å². The van der Waals surface area contributed by atoms with Gasteiger partial charge in [0, 0.05) is 0 Å². The van der Waals surface area contributed by atoms with Gasteiger partial charge in [0.1, 0.15) is 11.0 Å². The van der Waals surface area contributed by atoms with Gasteiger partial charge in [0.2, 0.25) is 0 Å². The standard InChI is InChI=1S/C16H19NO3S/c1-12-3-9-15(10-4-12)21(18,19)16(11-17)13-5-7-14(20-2)8-6-13/h3-10,16H,11,17H2,1-2H3/p+1/t16-/m1/s1. The third kappa shape index (κ3) is 3.25. The molecule has 0 aliphatic heterocycles. The van der Waals surface area contributed by atoms with Crippen molar-refractivity contribution in [1.29, 1.82) is 0 Å². The van der Waals surface area contributed by atoms with Crippen LogP contribution < -0.4 is 10.5 Å². The van der Waals surface area contributed by atoms with Gasteiger partial charge in [-0.2, -0.15) is 0 Å². The van der Waals surface area contributed by atoms with Crippen molar-refractivity contribution in [1.82, 2.24) is 0 Å². The minimum absolute atomic E-state index is 0.280. The molecule has 0 heterocycles. The Hall–Kier alpha value is -1.85. The fourth-order valence-corrected chi connectivity index (χ4v) is 3.88. The van der Waals surface area contributed by atoms with Gasteiger partial charge in [0.05, 0.1) is 18.6 Å². The molecule has 0 bridgehead atoms. The molecule has 0 aliphatic carbocycles. The lowest BCUT2D eigenvalue weighted by molar-refractivity contribution is -0.367. The summed E-state index contributed by atoms with van der Waals surface area (Å²) in [5, 5.41) is -0.647. The molecule has 2 aromatic rings. The first-order valence-electron chi connectivity index (χ1n) is 6.73. The smallest absolute Gasteiger partial charge is 0.190 e. The van der Waals surface area contributed by atoms with Crippen molar-refractivity contribution in [2.45, 2.75) is 17.1 Å². The van der Waals surface area contributed by atoms with E-state index in [0.717, 1.165) is 11.1 Å². The quantitative estimate of drug-likeness (QED) is 0.915. The first-order valence-corrected chi connectivity index (χ1v) is 8.27. The fraction of sp³-hybridized carbons (Fsp3) is 0.250. The van der Waals surface area contributed by atoms with Gasteiger partial charge >= 0.3 is 0 Å². The Morgan fingerprint density at radius 1 is 1.05 bits per heavy atom.